The number of ether oxygens (including phenoxy) is 2. The molecule has 0 spiro atoms. The van der Waals surface area contributed by atoms with Crippen molar-refractivity contribution in [1.29, 1.82) is 0 Å². The van der Waals surface area contributed by atoms with E-state index >= 15 is 0 Å². The number of hydrogen-bond donors (Lipinski definition) is 0. The van der Waals surface area contributed by atoms with E-state index < -0.39 is 11.7 Å². The third kappa shape index (κ3) is 3.61. The molecule has 0 aromatic heterocycles. The van der Waals surface area contributed by atoms with E-state index in [-0.39, 0.29) is 5.97 Å². The van der Waals surface area contributed by atoms with E-state index in [1.165, 1.54) is 7.11 Å². The molecule has 0 aliphatic rings. The van der Waals surface area contributed by atoms with E-state index in [9.17, 15) is 4.79 Å². The van der Waals surface area contributed by atoms with Gasteiger partial charge in [-0.1, -0.05) is 30.3 Å². The Labute approximate surface area is 125 Å². The van der Waals surface area contributed by atoms with E-state index in [2.05, 4.69) is 12.1 Å². The monoisotopic (exact) mass is 286 g/mol. The minimum atomic E-state index is -0.709. The van der Waals surface area contributed by atoms with Crippen LogP contribution in [0.1, 0.15) is 38.0 Å². The van der Waals surface area contributed by atoms with Crippen LogP contribution in [0.3, 0.4) is 0 Å². The van der Waals surface area contributed by atoms with Crippen molar-refractivity contribution in [3.8, 4) is 0 Å². The van der Waals surface area contributed by atoms with E-state index in [0.29, 0.717) is 0 Å². The summed E-state index contributed by atoms with van der Waals surface area (Å²) in [5.41, 5.74) is 1.44. The van der Waals surface area contributed by atoms with Gasteiger partial charge in [-0.2, -0.15) is 0 Å². The first-order valence-electron chi connectivity index (χ1n) is 7.07. The van der Waals surface area contributed by atoms with Crippen LogP contribution in [0, 0.1) is 6.92 Å². The number of hydrogen-bond acceptors (Lipinski definition) is 3. The van der Waals surface area contributed by atoms with Crippen LogP contribution in [0.15, 0.2) is 36.4 Å². The van der Waals surface area contributed by atoms with Crippen molar-refractivity contribution in [2.24, 2.45) is 0 Å². The Bertz CT molecular complexity index is 653. The average molecular weight is 286 g/mol. The predicted octanol–water partition coefficient (Wildman–Crippen LogP) is 4.18. The number of fused-ring (bicyclic) bond motifs is 1. The molecule has 0 aliphatic heterocycles. The fraction of sp³-hybridized carbons (Fsp3) is 0.389. The van der Waals surface area contributed by atoms with Crippen molar-refractivity contribution in [2.45, 2.75) is 39.4 Å². The zero-order chi connectivity index (χ0) is 15.6. The summed E-state index contributed by atoms with van der Waals surface area (Å²) in [5, 5.41) is 2.24. The van der Waals surface area contributed by atoms with Gasteiger partial charge in [0.2, 0.25) is 0 Å². The maximum absolute atomic E-state index is 12.1. The third-order valence-corrected chi connectivity index (χ3v) is 3.30. The molecular formula is C18H22O3. The van der Waals surface area contributed by atoms with Crippen molar-refractivity contribution in [1.82, 2.24) is 0 Å². The van der Waals surface area contributed by atoms with Gasteiger partial charge < -0.3 is 9.47 Å². The molecule has 1 unspecified atom stereocenters. The molecule has 112 valence electrons. The minimum Gasteiger partial charge on any atom is -0.467 e. The van der Waals surface area contributed by atoms with Gasteiger partial charge >= 0.3 is 5.97 Å². The second-order valence-corrected chi connectivity index (χ2v) is 6.19. The van der Waals surface area contributed by atoms with Gasteiger partial charge in [0.1, 0.15) is 0 Å². The summed E-state index contributed by atoms with van der Waals surface area (Å²) in [6.07, 6.45) is -0.709. The smallest absolute Gasteiger partial charge is 0.339 e. The van der Waals surface area contributed by atoms with Crippen LogP contribution in [-0.4, -0.2) is 18.7 Å². The molecule has 3 heteroatoms. The fourth-order valence-electron chi connectivity index (χ4n) is 2.35. The number of esters is 1. The molecule has 0 N–H and O–H groups in total. The van der Waals surface area contributed by atoms with Crippen LogP contribution in [0.25, 0.3) is 10.8 Å². The molecule has 0 amide bonds. The lowest BCUT2D eigenvalue weighted by molar-refractivity contribution is -0.164. The van der Waals surface area contributed by atoms with Gasteiger partial charge in [-0.15, -0.1) is 0 Å². The SMILES string of the molecule is COC(=O)C(OC(C)(C)C)c1cc2ccccc2cc1C. The first kappa shape index (κ1) is 15.5. The van der Waals surface area contributed by atoms with Crippen LogP contribution in [-0.2, 0) is 14.3 Å². The lowest BCUT2D eigenvalue weighted by Gasteiger charge is -2.27. The zero-order valence-electron chi connectivity index (χ0n) is 13.3. The van der Waals surface area contributed by atoms with Gasteiger partial charge in [0, 0.05) is 0 Å². The van der Waals surface area contributed by atoms with Gasteiger partial charge in [0.05, 0.1) is 12.7 Å². The summed E-state index contributed by atoms with van der Waals surface area (Å²) < 4.78 is 10.8. The summed E-state index contributed by atoms with van der Waals surface area (Å²) in [5.74, 6) is -0.372. The summed E-state index contributed by atoms with van der Waals surface area (Å²) >= 11 is 0. The van der Waals surface area contributed by atoms with Gasteiger partial charge in [-0.3, -0.25) is 0 Å². The normalized spacial score (nSPS) is 13.2. The molecule has 0 saturated carbocycles. The maximum Gasteiger partial charge on any atom is 0.339 e. The van der Waals surface area contributed by atoms with E-state index in [1.807, 2.05) is 52.0 Å². The van der Waals surface area contributed by atoms with E-state index in [0.717, 1.165) is 21.9 Å². The first-order chi connectivity index (χ1) is 9.81. The Morgan fingerprint density at radius 3 is 2.19 bits per heavy atom. The fourth-order valence-corrected chi connectivity index (χ4v) is 2.35. The van der Waals surface area contributed by atoms with Crippen molar-refractivity contribution in [2.75, 3.05) is 7.11 Å². The standard InChI is InChI=1S/C18H22O3/c1-12-10-13-8-6-7-9-14(13)11-15(12)16(17(19)20-5)21-18(2,3)4/h6-11,16H,1-5H3. The highest BCUT2D eigenvalue weighted by atomic mass is 16.6. The largest absolute Gasteiger partial charge is 0.467 e. The molecule has 2 aromatic rings. The molecule has 21 heavy (non-hydrogen) atoms. The highest BCUT2D eigenvalue weighted by Gasteiger charge is 2.29. The molecule has 0 aliphatic carbocycles. The Morgan fingerprint density at radius 1 is 1.10 bits per heavy atom. The molecular weight excluding hydrogens is 264 g/mol. The Morgan fingerprint density at radius 2 is 1.67 bits per heavy atom. The van der Waals surface area contributed by atoms with Crippen molar-refractivity contribution in [3.05, 3.63) is 47.5 Å². The Balaban J connectivity index is 2.53. The van der Waals surface area contributed by atoms with Crippen molar-refractivity contribution >= 4 is 16.7 Å². The van der Waals surface area contributed by atoms with E-state index in [4.69, 9.17) is 9.47 Å². The van der Waals surface area contributed by atoms with Crippen LogP contribution < -0.4 is 0 Å². The molecule has 0 fully saturated rings. The second kappa shape index (κ2) is 5.86. The number of rotatable bonds is 3. The topological polar surface area (TPSA) is 35.5 Å². The summed E-state index contributed by atoms with van der Waals surface area (Å²) in [6.45, 7) is 7.78. The first-order valence-corrected chi connectivity index (χ1v) is 7.07. The van der Waals surface area contributed by atoms with Crippen molar-refractivity contribution < 1.29 is 14.3 Å². The maximum atomic E-state index is 12.1. The van der Waals surface area contributed by atoms with E-state index in [1.54, 1.807) is 0 Å². The van der Waals surface area contributed by atoms with Gasteiger partial charge in [0.25, 0.3) is 0 Å². The number of benzene rings is 2. The van der Waals surface area contributed by atoms with Crippen LogP contribution >= 0.6 is 0 Å². The molecule has 0 saturated heterocycles. The number of carbonyl (C=O) groups is 1. The highest BCUT2D eigenvalue weighted by molar-refractivity contribution is 5.86. The number of aryl methyl sites for hydroxylation is 1. The number of methoxy groups -OCH3 is 1. The van der Waals surface area contributed by atoms with Crippen LogP contribution in [0.5, 0.6) is 0 Å². The van der Waals surface area contributed by atoms with Gasteiger partial charge in [-0.25, -0.2) is 4.79 Å². The second-order valence-electron chi connectivity index (χ2n) is 6.19. The lowest BCUT2D eigenvalue weighted by atomic mass is 9.97. The molecule has 3 nitrogen and oxygen atoms in total. The van der Waals surface area contributed by atoms with Crippen LogP contribution in [0.2, 0.25) is 0 Å². The third-order valence-electron chi connectivity index (χ3n) is 3.30. The van der Waals surface area contributed by atoms with Crippen molar-refractivity contribution in [3.63, 3.8) is 0 Å². The zero-order valence-corrected chi connectivity index (χ0v) is 13.3. The average Bonchev–Trinajstić information content (AvgIpc) is 2.42. The molecule has 0 bridgehead atoms. The summed E-state index contributed by atoms with van der Waals surface area (Å²) in [6, 6.07) is 12.2. The minimum absolute atomic E-state index is 0.372. The van der Waals surface area contributed by atoms with Gasteiger partial charge in [-0.05, 0) is 55.7 Å². The molecule has 0 heterocycles. The lowest BCUT2D eigenvalue weighted by Crippen LogP contribution is -2.28. The molecule has 2 rings (SSSR count). The quantitative estimate of drug-likeness (QED) is 0.794. The summed E-state index contributed by atoms with van der Waals surface area (Å²) in [4.78, 5) is 12.1. The molecule has 1 atom stereocenters. The van der Waals surface area contributed by atoms with Gasteiger partial charge in [0.15, 0.2) is 6.10 Å². The predicted molar refractivity (Wildman–Crippen MR) is 84.3 cm³/mol. The number of carbonyl (C=O) groups excluding carboxylic acids is 1. The van der Waals surface area contributed by atoms with Crippen LogP contribution in [0.4, 0.5) is 0 Å². The molecule has 2 aromatic carbocycles. The molecule has 0 radical (unpaired) electrons. The summed E-state index contributed by atoms with van der Waals surface area (Å²) in [7, 11) is 1.39. The Hall–Kier alpha value is -1.87. The Kier molecular flexibility index (Phi) is 4.33. The highest BCUT2D eigenvalue weighted by Crippen LogP contribution is 2.30.